The van der Waals surface area contributed by atoms with E-state index in [1.807, 2.05) is 5.38 Å². The number of amides is 1. The first-order valence-electron chi connectivity index (χ1n) is 8.78. The number of rotatable bonds is 6. The number of halogens is 1. The molecule has 6 nitrogen and oxygen atoms in total. The van der Waals surface area contributed by atoms with E-state index in [0.717, 1.165) is 24.3 Å². The fourth-order valence-corrected chi connectivity index (χ4v) is 3.69. The van der Waals surface area contributed by atoms with Gasteiger partial charge < -0.3 is 14.4 Å². The van der Waals surface area contributed by atoms with Gasteiger partial charge in [0.1, 0.15) is 23.4 Å². The van der Waals surface area contributed by atoms with Crippen LogP contribution in [0, 0.1) is 17.2 Å². The molecule has 0 radical (unpaired) electrons. The number of carbonyl (C=O) groups excluding carboxylic acids is 1. The molecule has 142 valence electrons. The first-order valence-corrected chi connectivity index (χ1v) is 10.0. The molecule has 27 heavy (non-hydrogen) atoms. The quantitative estimate of drug-likeness (QED) is 0.707. The second-order valence-corrected chi connectivity index (χ2v) is 7.72. The highest BCUT2D eigenvalue weighted by atomic mass is 35.5. The normalized spacial score (nSPS) is 14.6. The minimum atomic E-state index is -0.278. The van der Waals surface area contributed by atoms with Gasteiger partial charge >= 0.3 is 6.09 Å². The molecule has 1 aromatic carbocycles. The maximum absolute atomic E-state index is 12.1. The number of likely N-dealkylation sites (tertiary alicyclic amines) is 1. The van der Waals surface area contributed by atoms with Gasteiger partial charge in [0.2, 0.25) is 0 Å². The molecule has 0 saturated carbocycles. The Morgan fingerprint density at radius 2 is 2.22 bits per heavy atom. The van der Waals surface area contributed by atoms with Crippen LogP contribution in [-0.4, -0.2) is 35.7 Å². The maximum atomic E-state index is 12.1. The summed E-state index contributed by atoms with van der Waals surface area (Å²) in [5.41, 5.74) is 0.445. The standard InChI is InChI=1S/C19H20ClN3O3S/c20-16-1-2-17(15(11-16)12-21)25-9-5-14-3-7-23(8-4-14)19(24)26-13-18-22-6-10-27-18/h1-2,6,10-11,14H,3-5,7-9,13H2. The van der Waals surface area contributed by atoms with Gasteiger partial charge in [-0.3, -0.25) is 0 Å². The molecule has 1 aliphatic rings. The van der Waals surface area contributed by atoms with Crippen LogP contribution in [0.2, 0.25) is 5.02 Å². The zero-order valence-electron chi connectivity index (χ0n) is 14.8. The van der Waals surface area contributed by atoms with Gasteiger partial charge in [0.15, 0.2) is 0 Å². The highest BCUT2D eigenvalue weighted by Gasteiger charge is 2.24. The fraction of sp³-hybridized carbons (Fsp3) is 0.421. The highest BCUT2D eigenvalue weighted by Crippen LogP contribution is 2.25. The lowest BCUT2D eigenvalue weighted by molar-refractivity contribution is 0.0799. The lowest BCUT2D eigenvalue weighted by Gasteiger charge is -2.31. The zero-order valence-corrected chi connectivity index (χ0v) is 16.3. The number of piperidine rings is 1. The minimum absolute atomic E-state index is 0.229. The summed E-state index contributed by atoms with van der Waals surface area (Å²) in [6, 6.07) is 7.14. The summed E-state index contributed by atoms with van der Waals surface area (Å²) in [6.45, 7) is 2.14. The van der Waals surface area contributed by atoms with Crippen molar-refractivity contribution in [2.24, 2.45) is 5.92 Å². The Labute approximate surface area is 167 Å². The van der Waals surface area contributed by atoms with Crippen LogP contribution in [0.25, 0.3) is 0 Å². The fourth-order valence-electron chi connectivity index (χ4n) is 2.99. The summed E-state index contributed by atoms with van der Waals surface area (Å²) in [4.78, 5) is 18.0. The summed E-state index contributed by atoms with van der Waals surface area (Å²) < 4.78 is 11.1. The Balaban J connectivity index is 1.37. The second kappa shape index (κ2) is 9.58. The van der Waals surface area contributed by atoms with Gasteiger partial charge in [-0.1, -0.05) is 11.6 Å². The predicted molar refractivity (Wildman–Crippen MR) is 103 cm³/mol. The maximum Gasteiger partial charge on any atom is 0.410 e. The average molecular weight is 406 g/mol. The monoisotopic (exact) mass is 405 g/mol. The van der Waals surface area contributed by atoms with Gasteiger partial charge in [-0.25, -0.2) is 9.78 Å². The Kier molecular flexibility index (Phi) is 6.91. The molecular formula is C19H20ClN3O3S. The van der Waals surface area contributed by atoms with Gasteiger partial charge in [0.05, 0.1) is 12.2 Å². The van der Waals surface area contributed by atoms with Crippen LogP contribution in [0.1, 0.15) is 29.8 Å². The smallest absolute Gasteiger partial charge is 0.410 e. The summed E-state index contributed by atoms with van der Waals surface area (Å²) >= 11 is 7.36. The van der Waals surface area contributed by atoms with Crippen molar-refractivity contribution < 1.29 is 14.3 Å². The molecule has 0 aliphatic carbocycles. The Hall–Kier alpha value is -2.30. The number of hydrogen-bond acceptors (Lipinski definition) is 6. The third kappa shape index (κ3) is 5.59. The van der Waals surface area contributed by atoms with Crippen molar-refractivity contribution in [2.45, 2.75) is 25.9 Å². The molecule has 1 saturated heterocycles. The lowest BCUT2D eigenvalue weighted by Crippen LogP contribution is -2.39. The van der Waals surface area contributed by atoms with Crippen LogP contribution in [0.3, 0.4) is 0 Å². The van der Waals surface area contributed by atoms with Crippen LogP contribution in [0.5, 0.6) is 5.75 Å². The number of ether oxygens (including phenoxy) is 2. The third-order valence-electron chi connectivity index (χ3n) is 4.52. The van der Waals surface area contributed by atoms with Crippen LogP contribution < -0.4 is 4.74 Å². The van der Waals surface area contributed by atoms with E-state index in [0.29, 0.717) is 41.9 Å². The van der Waals surface area contributed by atoms with Crippen LogP contribution in [0.4, 0.5) is 4.79 Å². The van der Waals surface area contributed by atoms with Gasteiger partial charge in [0, 0.05) is 29.7 Å². The molecule has 1 fully saturated rings. The largest absolute Gasteiger partial charge is 0.492 e. The van der Waals surface area contributed by atoms with E-state index in [2.05, 4.69) is 11.1 Å². The predicted octanol–water partition coefficient (Wildman–Crippen LogP) is 4.49. The van der Waals surface area contributed by atoms with E-state index in [1.165, 1.54) is 11.3 Å². The summed E-state index contributed by atoms with van der Waals surface area (Å²) in [7, 11) is 0. The van der Waals surface area contributed by atoms with E-state index in [-0.39, 0.29) is 12.7 Å². The van der Waals surface area contributed by atoms with E-state index < -0.39 is 0 Å². The number of hydrogen-bond donors (Lipinski definition) is 0. The molecule has 0 N–H and O–H groups in total. The van der Waals surface area contributed by atoms with Crippen LogP contribution in [0.15, 0.2) is 29.8 Å². The topological polar surface area (TPSA) is 75.5 Å². The van der Waals surface area contributed by atoms with Gasteiger partial charge in [0.25, 0.3) is 0 Å². The Morgan fingerprint density at radius 3 is 2.93 bits per heavy atom. The van der Waals surface area contributed by atoms with Crippen LogP contribution >= 0.6 is 22.9 Å². The summed E-state index contributed by atoms with van der Waals surface area (Å²) in [5.74, 6) is 1.05. The van der Waals surface area contributed by atoms with E-state index >= 15 is 0 Å². The van der Waals surface area contributed by atoms with Crippen molar-refractivity contribution in [3.05, 3.63) is 45.4 Å². The molecule has 2 heterocycles. The third-order valence-corrected chi connectivity index (χ3v) is 5.51. The summed E-state index contributed by atoms with van der Waals surface area (Å²) in [6.07, 6.45) is 4.14. The van der Waals surface area contributed by atoms with Gasteiger partial charge in [-0.2, -0.15) is 5.26 Å². The van der Waals surface area contributed by atoms with E-state index in [1.54, 1.807) is 29.3 Å². The number of carbonyl (C=O) groups is 1. The number of aromatic nitrogens is 1. The van der Waals surface area contributed by atoms with Crippen molar-refractivity contribution in [1.29, 1.82) is 5.26 Å². The molecule has 0 spiro atoms. The molecule has 8 heteroatoms. The molecule has 3 rings (SSSR count). The first-order chi connectivity index (χ1) is 13.2. The van der Waals surface area contributed by atoms with Crippen molar-refractivity contribution in [1.82, 2.24) is 9.88 Å². The molecule has 2 aromatic rings. The van der Waals surface area contributed by atoms with Gasteiger partial charge in [-0.05, 0) is 43.4 Å². The van der Waals surface area contributed by atoms with Crippen molar-refractivity contribution in [3.63, 3.8) is 0 Å². The highest BCUT2D eigenvalue weighted by molar-refractivity contribution is 7.09. The number of thiazole rings is 1. The number of benzene rings is 1. The average Bonchev–Trinajstić information content (AvgIpc) is 3.21. The van der Waals surface area contributed by atoms with Crippen molar-refractivity contribution in [2.75, 3.05) is 19.7 Å². The molecular weight excluding hydrogens is 386 g/mol. The first kappa shape index (κ1) is 19.5. The second-order valence-electron chi connectivity index (χ2n) is 6.30. The lowest BCUT2D eigenvalue weighted by atomic mass is 9.94. The van der Waals surface area contributed by atoms with Crippen molar-refractivity contribution >= 4 is 29.0 Å². The zero-order chi connectivity index (χ0) is 19.1. The molecule has 1 amide bonds. The van der Waals surface area contributed by atoms with Crippen LogP contribution in [-0.2, 0) is 11.3 Å². The molecule has 0 bridgehead atoms. The molecule has 0 unspecified atom stereocenters. The molecule has 1 aromatic heterocycles. The SMILES string of the molecule is N#Cc1cc(Cl)ccc1OCCC1CCN(C(=O)OCc2nccs2)CC1. The van der Waals surface area contributed by atoms with Gasteiger partial charge in [-0.15, -0.1) is 11.3 Å². The molecule has 0 atom stereocenters. The Morgan fingerprint density at radius 1 is 1.41 bits per heavy atom. The summed E-state index contributed by atoms with van der Waals surface area (Å²) in [5, 5.41) is 12.3. The van der Waals surface area contributed by atoms with Crippen molar-refractivity contribution in [3.8, 4) is 11.8 Å². The number of nitriles is 1. The van der Waals surface area contributed by atoms with E-state index in [4.69, 9.17) is 26.3 Å². The Bertz CT molecular complexity index is 799. The minimum Gasteiger partial charge on any atom is -0.492 e. The molecule has 1 aliphatic heterocycles. The van der Waals surface area contributed by atoms with E-state index in [9.17, 15) is 4.79 Å². The number of nitrogens with zero attached hydrogens (tertiary/aromatic N) is 3.